The van der Waals surface area contributed by atoms with Crippen molar-refractivity contribution >= 4 is 27.5 Å². The van der Waals surface area contributed by atoms with E-state index in [1.807, 2.05) is 0 Å². The van der Waals surface area contributed by atoms with E-state index in [2.05, 4.69) is 45.7 Å². The van der Waals surface area contributed by atoms with Crippen molar-refractivity contribution in [3.05, 3.63) is 89.5 Å². The Kier molecular flexibility index (Phi) is 30.5. The molecule has 3 fully saturated rings. The summed E-state index contributed by atoms with van der Waals surface area (Å²) in [5.41, 5.74) is 11.7. The van der Waals surface area contributed by atoms with Crippen LogP contribution < -0.4 is 26.4 Å². The monoisotopic (exact) mass is 1130 g/mol. The Hall–Kier alpha value is -3.98. The van der Waals surface area contributed by atoms with Gasteiger partial charge in [-0.05, 0) is 164 Å². The molecule has 3 saturated carbocycles. The largest absolute Gasteiger partial charge is 0.417 e. The Bertz CT molecular complexity index is 2040. The number of nitrogens with one attached hydrogen (secondary N) is 4. The molecule has 0 aromatic carbocycles. The topological polar surface area (TPSA) is 216 Å². The molecule has 0 bridgehead atoms. The van der Waals surface area contributed by atoms with E-state index < -0.39 is 50.5 Å². The van der Waals surface area contributed by atoms with Gasteiger partial charge < -0.3 is 34.2 Å². The van der Waals surface area contributed by atoms with E-state index in [1.54, 1.807) is 20.8 Å². The Balaban J connectivity index is 0.000000993. The predicted molar refractivity (Wildman–Crippen MR) is 257 cm³/mol. The zero-order valence-corrected chi connectivity index (χ0v) is 42.1. The number of halogens is 9. The summed E-state index contributed by atoms with van der Waals surface area (Å²) in [6.45, 7) is 6.87. The molecule has 0 spiro atoms. The van der Waals surface area contributed by atoms with E-state index >= 15 is 0 Å². The molecule has 3 aliphatic rings. The van der Waals surface area contributed by atoms with Gasteiger partial charge in [0.05, 0.1) is 21.9 Å². The number of aromatic nitrogens is 3. The third-order valence-electron chi connectivity index (χ3n) is 11.8. The van der Waals surface area contributed by atoms with E-state index in [4.69, 9.17) is 16.4 Å². The number of aliphatic hydroxyl groups excluding tert-OH is 1. The van der Waals surface area contributed by atoms with Crippen LogP contribution in [0.4, 0.5) is 57.0 Å². The first-order valence-electron chi connectivity index (χ1n) is 22.7. The van der Waals surface area contributed by atoms with Crippen LogP contribution >= 0.6 is 0 Å². The second kappa shape index (κ2) is 32.3. The number of azide groups is 1. The number of anilines is 3. The normalized spacial score (nSPS) is 21.2. The van der Waals surface area contributed by atoms with E-state index in [-0.39, 0.29) is 65.9 Å². The number of aliphatic hydroxyl groups is 1. The van der Waals surface area contributed by atoms with Crippen molar-refractivity contribution < 1.29 is 73.5 Å². The summed E-state index contributed by atoms with van der Waals surface area (Å²) >= 11 is 0. The molecule has 3 aromatic heterocycles. The van der Waals surface area contributed by atoms with Gasteiger partial charge in [0, 0.05) is 81.7 Å². The van der Waals surface area contributed by atoms with Crippen LogP contribution in [-0.2, 0) is 49.0 Å². The van der Waals surface area contributed by atoms with Gasteiger partial charge in [-0.2, -0.15) is 39.5 Å². The number of nitrogens with zero attached hydrogens (tertiary/aromatic N) is 6. The fourth-order valence-electron chi connectivity index (χ4n) is 7.66. The molecule has 14 nitrogen and oxygen atoms in total. The van der Waals surface area contributed by atoms with Crippen LogP contribution in [0.15, 0.2) is 60.1 Å². The molecule has 3 aromatic rings. The number of sulfonamides is 1. The second-order valence-corrected chi connectivity index (χ2v) is 19.6. The molecule has 7 N–H and O–H groups in total. The van der Waals surface area contributed by atoms with Gasteiger partial charge in [-0.25, -0.2) is 28.1 Å². The van der Waals surface area contributed by atoms with Crippen LogP contribution in [0, 0.1) is 25.2 Å². The van der Waals surface area contributed by atoms with Crippen LogP contribution in [0.2, 0.25) is 0 Å². The molecule has 0 radical (unpaired) electrons. The SMILES string of the molecule is C.CC(C)S(=O)(=O)NCC1CCC(Nc2ccc(C(F)(F)F)cn2)CC1.CCO.NCC1CCC(Nc2ccc(C(F)(F)F)cn2)CC1.[CH3-].[N-]=[N+]=NCC1CCC(Nc2ccc(C(F)(F)F)cn2)CC1.[Pd]. The Morgan fingerprint density at radius 2 is 0.972 bits per heavy atom. The quantitative estimate of drug-likeness (QED) is 0.0238. The molecule has 71 heavy (non-hydrogen) atoms. The van der Waals surface area contributed by atoms with Crippen molar-refractivity contribution in [2.45, 2.75) is 147 Å². The first-order chi connectivity index (χ1) is 32.0. The Labute approximate surface area is 426 Å². The van der Waals surface area contributed by atoms with Crippen molar-refractivity contribution in [3.8, 4) is 0 Å². The maximum atomic E-state index is 12.5. The second-order valence-electron chi connectivity index (χ2n) is 17.3. The smallest absolute Gasteiger partial charge is 0.397 e. The molecule has 0 atom stereocenters. The van der Waals surface area contributed by atoms with Gasteiger partial charge in [0.1, 0.15) is 17.5 Å². The van der Waals surface area contributed by atoms with E-state index in [0.29, 0.717) is 48.9 Å². The van der Waals surface area contributed by atoms with Crippen LogP contribution in [-0.4, -0.2) is 78.1 Å². The van der Waals surface area contributed by atoms with Crippen molar-refractivity contribution in [2.24, 2.45) is 28.6 Å². The minimum Gasteiger partial charge on any atom is -0.397 e. The van der Waals surface area contributed by atoms with Crippen molar-refractivity contribution in [1.82, 2.24) is 19.7 Å². The molecule has 0 unspecified atom stereocenters. The van der Waals surface area contributed by atoms with Gasteiger partial charge in [0.15, 0.2) is 0 Å². The van der Waals surface area contributed by atoms with Crippen molar-refractivity contribution in [1.29, 1.82) is 0 Å². The number of rotatable bonds is 13. The Morgan fingerprint density at radius 3 is 1.23 bits per heavy atom. The first kappa shape index (κ1) is 67.0. The minimum absolute atomic E-state index is 0. The van der Waals surface area contributed by atoms with Crippen molar-refractivity contribution in [2.75, 3.05) is 42.2 Å². The summed E-state index contributed by atoms with van der Waals surface area (Å²) in [6.07, 6.45) is 0.641. The van der Waals surface area contributed by atoms with Crippen LogP contribution in [0.3, 0.4) is 0 Å². The van der Waals surface area contributed by atoms with Gasteiger partial charge in [-0.1, -0.05) is 12.5 Å². The number of hydrogen-bond donors (Lipinski definition) is 6. The van der Waals surface area contributed by atoms with Gasteiger partial charge in [-0.15, -0.1) is 0 Å². The number of alkyl halides is 9. The zero-order chi connectivity index (χ0) is 50.5. The first-order valence-corrected chi connectivity index (χ1v) is 24.2. The predicted octanol–water partition coefficient (Wildman–Crippen LogP) is 11.9. The van der Waals surface area contributed by atoms with Gasteiger partial charge >= 0.3 is 18.5 Å². The molecular weight excluding hydrogens is 1060 g/mol. The molecular formula is C46H71F9N11O3PdS-. The maximum Gasteiger partial charge on any atom is 0.417 e. The fraction of sp³-hybridized carbons (Fsp3) is 0.652. The molecule has 3 heterocycles. The van der Waals surface area contributed by atoms with Crippen LogP contribution in [0.1, 0.15) is 122 Å². The average Bonchev–Trinajstić information content (AvgIpc) is 3.29. The zero-order valence-electron chi connectivity index (χ0n) is 39.7. The molecule has 6 rings (SSSR count). The molecule has 0 aliphatic heterocycles. The summed E-state index contributed by atoms with van der Waals surface area (Å²) in [6, 6.07) is 7.81. The van der Waals surface area contributed by atoms with E-state index in [0.717, 1.165) is 114 Å². The summed E-state index contributed by atoms with van der Waals surface area (Å²) in [5.74, 6) is 2.66. The third-order valence-corrected chi connectivity index (χ3v) is 13.6. The average molecular weight is 1140 g/mol. The maximum absolute atomic E-state index is 12.5. The fourth-order valence-corrected chi connectivity index (χ4v) is 8.46. The van der Waals surface area contributed by atoms with Gasteiger partial charge in [0.25, 0.3) is 0 Å². The summed E-state index contributed by atoms with van der Waals surface area (Å²) in [5, 5.41) is 20.2. The van der Waals surface area contributed by atoms with Gasteiger partial charge in [-0.3, -0.25) is 0 Å². The standard InChI is InChI=1S/C16H24F3N3O2S.C13H16F3N5.C13H18F3N3.C2H6O.CH4.CH3.Pd/c1-11(2)25(23,24)21-9-12-3-6-14(7-4-12)22-15-8-5-13(10-20-15)16(17,18)19;14-13(15,16)10-3-6-12(18-8-10)20-11-4-1-9(2-5-11)7-19-21-17;14-13(15,16)10-3-6-12(18-8-10)19-11-4-1-9(7-17)2-5-11;1-2-3;;;/h5,8,10-12,14,21H,3-4,6-7,9H2,1-2H3,(H,20,22);3,6,8-9,11H,1-2,4-5,7H2,(H,18,20);3,6,8-9,11H,1-2,4-5,7,17H2,(H,18,19);3H,2H2,1H3;1H4;1H3;/q;;;;;-1;. The molecule has 25 heteroatoms. The number of hydrogen-bond acceptors (Lipinski definition) is 11. The number of nitrogens with two attached hydrogens (primary N) is 1. The number of pyridine rings is 3. The third kappa shape index (κ3) is 25.0. The minimum atomic E-state index is -4.38. The molecule has 0 saturated heterocycles. The molecule has 408 valence electrons. The van der Waals surface area contributed by atoms with Crippen LogP contribution in [0.5, 0.6) is 0 Å². The van der Waals surface area contributed by atoms with E-state index in [9.17, 15) is 47.9 Å². The van der Waals surface area contributed by atoms with Gasteiger partial charge in [0.2, 0.25) is 10.0 Å². The summed E-state index contributed by atoms with van der Waals surface area (Å²) in [4.78, 5) is 14.2. The van der Waals surface area contributed by atoms with Crippen molar-refractivity contribution in [3.63, 3.8) is 0 Å². The van der Waals surface area contributed by atoms with Crippen LogP contribution in [0.25, 0.3) is 10.4 Å². The van der Waals surface area contributed by atoms with E-state index in [1.165, 1.54) is 18.2 Å². The molecule has 3 aliphatic carbocycles. The Morgan fingerprint density at radius 1 is 0.662 bits per heavy atom. The molecule has 0 amide bonds. The summed E-state index contributed by atoms with van der Waals surface area (Å²) in [7, 11) is -3.24. The summed E-state index contributed by atoms with van der Waals surface area (Å²) < 4.78 is 138.